The van der Waals surface area contributed by atoms with Crippen LogP contribution in [0.25, 0.3) is 0 Å². The molecule has 0 fully saturated rings. The summed E-state index contributed by atoms with van der Waals surface area (Å²) in [5, 5.41) is 5.42. The lowest BCUT2D eigenvalue weighted by atomic mass is 10.1. The number of rotatable bonds is 7. The molecule has 0 heterocycles. The lowest BCUT2D eigenvalue weighted by Gasteiger charge is -2.10. The second-order valence-corrected chi connectivity index (χ2v) is 6.23. The minimum atomic E-state index is -0.186. The van der Waals surface area contributed by atoms with E-state index in [1.807, 2.05) is 12.1 Å². The number of amides is 2. The average molecular weight is 340 g/mol. The molecule has 2 N–H and O–H groups in total. The standard InChI is InChI=1S/C20H24N2O3/c1-14(2)13-25-18-10-6-16(7-11-18)20(24)22-17-8-4-15(5-9-17)12-19(23)21-3/h4-11,14H,12-13H2,1-3H3,(H,21,23)(H,22,24). The number of carbonyl (C=O) groups excluding carboxylic acids is 2. The van der Waals surface area contributed by atoms with Crippen molar-refractivity contribution in [3.63, 3.8) is 0 Å². The highest BCUT2D eigenvalue weighted by Gasteiger charge is 2.07. The van der Waals surface area contributed by atoms with E-state index in [1.54, 1.807) is 43.4 Å². The molecular formula is C20H24N2O3. The molecule has 25 heavy (non-hydrogen) atoms. The van der Waals surface area contributed by atoms with Crippen molar-refractivity contribution < 1.29 is 14.3 Å². The third kappa shape index (κ3) is 5.95. The highest BCUT2D eigenvalue weighted by atomic mass is 16.5. The van der Waals surface area contributed by atoms with Crippen molar-refractivity contribution in [2.75, 3.05) is 19.0 Å². The molecule has 132 valence electrons. The average Bonchev–Trinajstić information content (AvgIpc) is 2.61. The second-order valence-electron chi connectivity index (χ2n) is 6.23. The second kappa shape index (κ2) is 8.87. The van der Waals surface area contributed by atoms with Gasteiger partial charge in [0.05, 0.1) is 13.0 Å². The number of nitrogens with one attached hydrogen (secondary N) is 2. The zero-order chi connectivity index (χ0) is 18.2. The number of carbonyl (C=O) groups is 2. The van der Waals surface area contributed by atoms with E-state index in [9.17, 15) is 9.59 Å². The third-order valence-electron chi connectivity index (χ3n) is 3.56. The van der Waals surface area contributed by atoms with E-state index < -0.39 is 0 Å². The summed E-state index contributed by atoms with van der Waals surface area (Å²) in [7, 11) is 1.61. The largest absolute Gasteiger partial charge is 0.493 e. The van der Waals surface area contributed by atoms with Crippen molar-refractivity contribution in [3.8, 4) is 5.75 Å². The molecule has 0 spiro atoms. The Labute approximate surface area is 148 Å². The van der Waals surface area contributed by atoms with Crippen molar-refractivity contribution in [3.05, 3.63) is 59.7 Å². The maximum absolute atomic E-state index is 12.3. The van der Waals surface area contributed by atoms with Crippen LogP contribution in [0.5, 0.6) is 5.75 Å². The maximum atomic E-state index is 12.3. The van der Waals surface area contributed by atoms with Gasteiger partial charge < -0.3 is 15.4 Å². The third-order valence-corrected chi connectivity index (χ3v) is 3.56. The smallest absolute Gasteiger partial charge is 0.255 e. The topological polar surface area (TPSA) is 67.4 Å². The van der Waals surface area contributed by atoms with E-state index >= 15 is 0 Å². The highest BCUT2D eigenvalue weighted by molar-refractivity contribution is 6.04. The van der Waals surface area contributed by atoms with Gasteiger partial charge in [0.2, 0.25) is 5.91 Å². The van der Waals surface area contributed by atoms with Gasteiger partial charge in [0.25, 0.3) is 5.91 Å². The van der Waals surface area contributed by atoms with Crippen LogP contribution in [0.15, 0.2) is 48.5 Å². The van der Waals surface area contributed by atoms with Gasteiger partial charge >= 0.3 is 0 Å². The Morgan fingerprint density at radius 1 is 1.00 bits per heavy atom. The van der Waals surface area contributed by atoms with Crippen molar-refractivity contribution in [1.29, 1.82) is 0 Å². The number of ether oxygens (including phenoxy) is 1. The van der Waals surface area contributed by atoms with Crippen LogP contribution in [-0.2, 0) is 11.2 Å². The van der Waals surface area contributed by atoms with Gasteiger partial charge in [-0.2, -0.15) is 0 Å². The summed E-state index contributed by atoms with van der Waals surface area (Å²) >= 11 is 0. The maximum Gasteiger partial charge on any atom is 0.255 e. The zero-order valence-corrected chi connectivity index (χ0v) is 14.8. The summed E-state index contributed by atoms with van der Waals surface area (Å²) in [4.78, 5) is 23.6. The van der Waals surface area contributed by atoms with Crippen LogP contribution in [-0.4, -0.2) is 25.5 Å². The molecule has 0 aliphatic carbocycles. The monoisotopic (exact) mass is 340 g/mol. The van der Waals surface area contributed by atoms with Crippen molar-refractivity contribution in [2.45, 2.75) is 20.3 Å². The summed E-state index contributed by atoms with van der Waals surface area (Å²) < 4.78 is 5.61. The first-order valence-corrected chi connectivity index (χ1v) is 8.31. The number of hydrogen-bond donors (Lipinski definition) is 2. The predicted octanol–water partition coefficient (Wildman–Crippen LogP) is 3.26. The zero-order valence-electron chi connectivity index (χ0n) is 14.8. The molecule has 5 heteroatoms. The van der Waals surface area contributed by atoms with E-state index in [4.69, 9.17) is 4.74 Å². The van der Waals surface area contributed by atoms with Crippen molar-refractivity contribution in [1.82, 2.24) is 5.32 Å². The van der Waals surface area contributed by atoms with E-state index in [0.717, 1.165) is 11.3 Å². The molecule has 0 unspecified atom stereocenters. The Kier molecular flexibility index (Phi) is 6.57. The summed E-state index contributed by atoms with van der Waals surface area (Å²) in [6.45, 7) is 4.82. The van der Waals surface area contributed by atoms with Crippen LogP contribution in [0.3, 0.4) is 0 Å². The van der Waals surface area contributed by atoms with Crippen molar-refractivity contribution in [2.24, 2.45) is 5.92 Å². The Bertz CT molecular complexity index is 707. The predicted molar refractivity (Wildman–Crippen MR) is 98.9 cm³/mol. The first-order valence-electron chi connectivity index (χ1n) is 8.31. The molecule has 2 rings (SSSR count). The van der Waals surface area contributed by atoms with Crippen LogP contribution in [0.1, 0.15) is 29.8 Å². The molecule has 0 saturated carbocycles. The van der Waals surface area contributed by atoms with Crippen LogP contribution in [0.2, 0.25) is 0 Å². The van der Waals surface area contributed by atoms with Gasteiger partial charge in [0, 0.05) is 18.3 Å². The van der Waals surface area contributed by atoms with Gasteiger partial charge in [0.15, 0.2) is 0 Å². The van der Waals surface area contributed by atoms with Crippen LogP contribution >= 0.6 is 0 Å². The van der Waals surface area contributed by atoms with Gasteiger partial charge in [0.1, 0.15) is 5.75 Å². The van der Waals surface area contributed by atoms with Gasteiger partial charge in [-0.3, -0.25) is 9.59 Å². The van der Waals surface area contributed by atoms with E-state index in [0.29, 0.717) is 30.2 Å². The van der Waals surface area contributed by atoms with Gasteiger partial charge in [-0.1, -0.05) is 26.0 Å². The van der Waals surface area contributed by atoms with Crippen molar-refractivity contribution >= 4 is 17.5 Å². The molecule has 5 nitrogen and oxygen atoms in total. The lowest BCUT2D eigenvalue weighted by Crippen LogP contribution is -2.19. The molecule has 0 saturated heterocycles. The van der Waals surface area contributed by atoms with E-state index in [2.05, 4.69) is 24.5 Å². The minimum absolute atomic E-state index is 0.0449. The minimum Gasteiger partial charge on any atom is -0.493 e. The molecule has 2 aromatic rings. The summed E-state index contributed by atoms with van der Waals surface area (Å²) in [6.07, 6.45) is 0.322. The van der Waals surface area contributed by atoms with Crippen LogP contribution in [0.4, 0.5) is 5.69 Å². The lowest BCUT2D eigenvalue weighted by molar-refractivity contribution is -0.119. The molecule has 0 bridgehead atoms. The van der Waals surface area contributed by atoms with Crippen LogP contribution in [0, 0.1) is 5.92 Å². The highest BCUT2D eigenvalue weighted by Crippen LogP contribution is 2.16. The summed E-state index contributed by atoms with van der Waals surface area (Å²) in [5.41, 5.74) is 2.14. The number of likely N-dealkylation sites (N-methyl/N-ethyl adjacent to an activating group) is 1. The first-order chi connectivity index (χ1) is 12.0. The Morgan fingerprint density at radius 2 is 1.64 bits per heavy atom. The van der Waals surface area contributed by atoms with E-state index in [-0.39, 0.29) is 11.8 Å². The summed E-state index contributed by atoms with van der Waals surface area (Å²) in [5.74, 6) is 0.976. The van der Waals surface area contributed by atoms with E-state index in [1.165, 1.54) is 0 Å². The molecule has 0 aliphatic heterocycles. The number of benzene rings is 2. The fourth-order valence-electron chi connectivity index (χ4n) is 2.15. The van der Waals surface area contributed by atoms with Gasteiger partial charge in [-0.05, 0) is 47.9 Å². The number of hydrogen-bond acceptors (Lipinski definition) is 3. The van der Waals surface area contributed by atoms with Gasteiger partial charge in [-0.25, -0.2) is 0 Å². The Balaban J connectivity index is 1.93. The normalized spacial score (nSPS) is 10.4. The van der Waals surface area contributed by atoms with Gasteiger partial charge in [-0.15, -0.1) is 0 Å². The molecule has 2 aromatic carbocycles. The summed E-state index contributed by atoms with van der Waals surface area (Å²) in [6, 6.07) is 14.3. The molecule has 0 radical (unpaired) electrons. The Hall–Kier alpha value is -2.82. The molecule has 0 aliphatic rings. The number of anilines is 1. The fourth-order valence-corrected chi connectivity index (χ4v) is 2.15. The molecule has 0 atom stereocenters. The SMILES string of the molecule is CNC(=O)Cc1ccc(NC(=O)c2ccc(OCC(C)C)cc2)cc1. The molecular weight excluding hydrogens is 316 g/mol. The quantitative estimate of drug-likeness (QED) is 0.813. The molecule has 2 amide bonds. The fraction of sp³-hybridized carbons (Fsp3) is 0.300. The Morgan fingerprint density at radius 3 is 2.20 bits per heavy atom. The van der Waals surface area contributed by atoms with Crippen LogP contribution < -0.4 is 15.4 Å². The first kappa shape index (κ1) is 18.5. The molecule has 0 aromatic heterocycles.